The molecule has 20 heavy (non-hydrogen) atoms. The minimum atomic E-state index is -3.76. The summed E-state index contributed by atoms with van der Waals surface area (Å²) in [5.41, 5.74) is 1.45. The first-order chi connectivity index (χ1) is 9.58. The lowest BCUT2D eigenvalue weighted by Crippen LogP contribution is -2.13. The van der Waals surface area contributed by atoms with Crippen molar-refractivity contribution in [2.24, 2.45) is 0 Å². The van der Waals surface area contributed by atoms with Crippen molar-refractivity contribution in [2.75, 3.05) is 4.72 Å². The van der Waals surface area contributed by atoms with Gasteiger partial charge < -0.3 is 0 Å². The molecule has 0 atom stereocenters. The molecule has 0 radical (unpaired) electrons. The van der Waals surface area contributed by atoms with Gasteiger partial charge >= 0.3 is 0 Å². The Kier molecular flexibility index (Phi) is 3.33. The van der Waals surface area contributed by atoms with Gasteiger partial charge in [-0.3, -0.25) is 4.72 Å². The molecule has 1 aromatic heterocycles. The van der Waals surface area contributed by atoms with E-state index in [4.69, 9.17) is 11.6 Å². The molecule has 0 aliphatic heterocycles. The second kappa shape index (κ2) is 5.01. The molecule has 0 bridgehead atoms. The maximum Gasteiger partial charge on any atom is 0.264 e. The summed E-state index contributed by atoms with van der Waals surface area (Å²) in [5.74, 6) is 0. The van der Waals surface area contributed by atoms with Crippen LogP contribution in [0.4, 0.5) is 5.13 Å². The third kappa shape index (κ3) is 2.35. The zero-order valence-corrected chi connectivity index (χ0v) is 12.3. The number of rotatable bonds is 3. The van der Waals surface area contributed by atoms with Crippen LogP contribution in [0.2, 0.25) is 5.02 Å². The molecule has 0 saturated carbocycles. The zero-order chi connectivity index (χ0) is 14.2. The Hall–Kier alpha value is -1.70. The van der Waals surface area contributed by atoms with Crippen molar-refractivity contribution >= 4 is 48.9 Å². The molecule has 1 heterocycles. The fourth-order valence-electron chi connectivity index (χ4n) is 1.87. The van der Waals surface area contributed by atoms with Crippen LogP contribution in [-0.2, 0) is 10.0 Å². The highest BCUT2D eigenvalue weighted by atomic mass is 35.5. The standard InChI is InChI=1S/C12H8ClN3O2S2/c13-9-5-1-3-8-4-2-6-10(11(8)9)20(17,18)16-12-15-14-7-19-12/h1-7H,(H,15,16). The number of nitrogens with zero attached hydrogens (tertiary/aromatic N) is 2. The predicted octanol–water partition coefficient (Wildman–Crippen LogP) is 3.15. The molecular formula is C12H8ClN3O2S2. The number of hydrogen-bond acceptors (Lipinski definition) is 5. The Bertz CT molecular complexity index is 858. The molecule has 3 rings (SSSR count). The van der Waals surface area contributed by atoms with E-state index in [1.54, 1.807) is 18.2 Å². The summed E-state index contributed by atoms with van der Waals surface area (Å²) in [5, 5.41) is 9.13. The summed E-state index contributed by atoms with van der Waals surface area (Å²) in [7, 11) is -3.76. The summed E-state index contributed by atoms with van der Waals surface area (Å²) < 4.78 is 27.3. The SMILES string of the molecule is O=S(=O)(Nc1nncs1)c1cccc2cccc(Cl)c12. The number of halogens is 1. The molecule has 2 aromatic carbocycles. The number of sulfonamides is 1. The lowest BCUT2D eigenvalue weighted by molar-refractivity contribution is 0.602. The lowest BCUT2D eigenvalue weighted by atomic mass is 10.1. The summed E-state index contributed by atoms with van der Waals surface area (Å²) in [6.07, 6.45) is 0. The van der Waals surface area contributed by atoms with Crippen molar-refractivity contribution in [1.82, 2.24) is 10.2 Å². The van der Waals surface area contributed by atoms with Crippen molar-refractivity contribution in [3.8, 4) is 0 Å². The van der Waals surface area contributed by atoms with Crippen molar-refractivity contribution in [3.05, 3.63) is 46.9 Å². The molecule has 0 unspecified atom stereocenters. The van der Waals surface area contributed by atoms with Crippen LogP contribution >= 0.6 is 22.9 Å². The molecule has 0 saturated heterocycles. The predicted molar refractivity (Wildman–Crippen MR) is 79.7 cm³/mol. The maximum absolute atomic E-state index is 12.4. The molecule has 0 spiro atoms. The van der Waals surface area contributed by atoms with Crippen LogP contribution in [0, 0.1) is 0 Å². The number of nitrogens with one attached hydrogen (secondary N) is 1. The van der Waals surface area contributed by atoms with E-state index < -0.39 is 10.0 Å². The fraction of sp³-hybridized carbons (Fsp3) is 0. The number of fused-ring (bicyclic) bond motifs is 1. The van der Waals surface area contributed by atoms with E-state index in [0.29, 0.717) is 10.4 Å². The second-order valence-electron chi connectivity index (χ2n) is 3.94. The Morgan fingerprint density at radius 1 is 1.15 bits per heavy atom. The quantitative estimate of drug-likeness (QED) is 0.803. The van der Waals surface area contributed by atoms with Crippen molar-refractivity contribution in [3.63, 3.8) is 0 Å². The molecule has 0 fully saturated rings. The van der Waals surface area contributed by atoms with Gasteiger partial charge in [-0.05, 0) is 17.5 Å². The van der Waals surface area contributed by atoms with Crippen LogP contribution in [-0.4, -0.2) is 18.6 Å². The van der Waals surface area contributed by atoms with Gasteiger partial charge in [0.05, 0.1) is 4.90 Å². The van der Waals surface area contributed by atoms with Gasteiger partial charge in [-0.1, -0.05) is 47.2 Å². The normalized spacial score (nSPS) is 11.7. The summed E-state index contributed by atoms with van der Waals surface area (Å²) >= 11 is 7.24. The molecule has 8 heteroatoms. The van der Waals surface area contributed by atoms with Crippen LogP contribution in [0.1, 0.15) is 0 Å². The maximum atomic E-state index is 12.4. The average Bonchev–Trinajstić information content (AvgIpc) is 2.90. The number of hydrogen-bond donors (Lipinski definition) is 1. The van der Waals surface area contributed by atoms with Gasteiger partial charge in [0, 0.05) is 10.4 Å². The topological polar surface area (TPSA) is 72.0 Å². The molecule has 0 amide bonds. The highest BCUT2D eigenvalue weighted by molar-refractivity contribution is 7.93. The average molecular weight is 326 g/mol. The smallest absolute Gasteiger partial charge is 0.253 e. The summed E-state index contributed by atoms with van der Waals surface area (Å²) in [6.45, 7) is 0. The third-order valence-corrected chi connectivity index (χ3v) is 5.12. The zero-order valence-electron chi connectivity index (χ0n) is 9.95. The van der Waals surface area contributed by atoms with Crippen LogP contribution in [0.15, 0.2) is 46.8 Å². The molecule has 0 aliphatic carbocycles. The number of benzene rings is 2. The Balaban J connectivity index is 2.19. The molecule has 1 N–H and O–H groups in total. The Morgan fingerprint density at radius 2 is 1.90 bits per heavy atom. The monoisotopic (exact) mass is 325 g/mol. The van der Waals surface area contributed by atoms with Crippen molar-refractivity contribution in [1.29, 1.82) is 0 Å². The minimum Gasteiger partial charge on any atom is -0.253 e. The van der Waals surface area contributed by atoms with Gasteiger partial charge in [0.2, 0.25) is 5.13 Å². The van der Waals surface area contributed by atoms with Crippen LogP contribution < -0.4 is 4.72 Å². The Labute approximate surface area is 124 Å². The molecular weight excluding hydrogens is 318 g/mol. The van der Waals surface area contributed by atoms with Gasteiger partial charge in [0.15, 0.2) is 0 Å². The summed E-state index contributed by atoms with van der Waals surface area (Å²) in [4.78, 5) is 0.121. The third-order valence-electron chi connectivity index (χ3n) is 2.69. The highest BCUT2D eigenvalue weighted by Gasteiger charge is 2.20. The van der Waals surface area contributed by atoms with Gasteiger partial charge in [0.25, 0.3) is 10.0 Å². The van der Waals surface area contributed by atoms with Crippen LogP contribution in [0.25, 0.3) is 10.8 Å². The van der Waals surface area contributed by atoms with Gasteiger partial charge in [0.1, 0.15) is 5.51 Å². The van der Waals surface area contributed by atoms with Crippen molar-refractivity contribution < 1.29 is 8.42 Å². The van der Waals surface area contributed by atoms with Gasteiger partial charge in [-0.2, -0.15) is 0 Å². The largest absolute Gasteiger partial charge is 0.264 e. The number of anilines is 1. The highest BCUT2D eigenvalue weighted by Crippen LogP contribution is 2.30. The van der Waals surface area contributed by atoms with Crippen LogP contribution in [0.5, 0.6) is 0 Å². The van der Waals surface area contributed by atoms with E-state index >= 15 is 0 Å². The Morgan fingerprint density at radius 3 is 2.60 bits per heavy atom. The molecule has 5 nitrogen and oxygen atoms in total. The molecule has 0 aliphatic rings. The van der Waals surface area contributed by atoms with Crippen LogP contribution in [0.3, 0.4) is 0 Å². The fourth-order valence-corrected chi connectivity index (χ4v) is 4.16. The van der Waals surface area contributed by atoms with E-state index in [1.165, 1.54) is 11.6 Å². The lowest BCUT2D eigenvalue weighted by Gasteiger charge is -2.09. The van der Waals surface area contributed by atoms with Crippen molar-refractivity contribution in [2.45, 2.75) is 4.90 Å². The first kappa shape index (κ1) is 13.3. The molecule has 102 valence electrons. The van der Waals surface area contributed by atoms with Gasteiger partial charge in [-0.15, -0.1) is 10.2 Å². The summed E-state index contributed by atoms with van der Waals surface area (Å²) in [6, 6.07) is 10.2. The van der Waals surface area contributed by atoms with E-state index in [1.807, 2.05) is 12.1 Å². The van der Waals surface area contributed by atoms with E-state index in [0.717, 1.165) is 16.7 Å². The van der Waals surface area contributed by atoms with E-state index in [2.05, 4.69) is 14.9 Å². The first-order valence-corrected chi connectivity index (χ1v) is 8.28. The first-order valence-electron chi connectivity index (χ1n) is 5.54. The van der Waals surface area contributed by atoms with Gasteiger partial charge in [-0.25, -0.2) is 8.42 Å². The van der Waals surface area contributed by atoms with E-state index in [9.17, 15) is 8.42 Å². The molecule has 3 aromatic rings. The second-order valence-corrected chi connectivity index (χ2v) is 6.83. The number of aromatic nitrogens is 2. The van der Waals surface area contributed by atoms with E-state index in [-0.39, 0.29) is 10.0 Å². The minimum absolute atomic E-state index is 0.121.